The lowest BCUT2D eigenvalue weighted by Crippen LogP contribution is -2.20. The second-order valence-corrected chi connectivity index (χ2v) is 5.61. The first-order valence-electron chi connectivity index (χ1n) is 8.24. The van der Waals surface area contributed by atoms with E-state index in [9.17, 15) is 0 Å². The van der Waals surface area contributed by atoms with Crippen molar-refractivity contribution >= 4 is 22.7 Å². The maximum absolute atomic E-state index is 5.82. The summed E-state index contributed by atoms with van der Waals surface area (Å²) in [7, 11) is 0. The molecule has 0 aliphatic rings. The zero-order valence-corrected chi connectivity index (χ0v) is 14.8. The topological polar surface area (TPSA) is 141 Å². The third-order valence-corrected chi connectivity index (χ3v) is 3.43. The van der Waals surface area contributed by atoms with Crippen LogP contribution in [0.3, 0.4) is 0 Å². The third-order valence-electron chi connectivity index (χ3n) is 3.43. The Hall–Kier alpha value is -2.84. The molecule has 2 rings (SSSR count). The van der Waals surface area contributed by atoms with Gasteiger partial charge in [-0.3, -0.25) is 0 Å². The minimum Gasteiger partial charge on any atom is -0.489 e. The SMILES string of the molecule is CC(OCCOCCOc1cc(N)ccc1N)Oc1cc(N)ccc1N. The van der Waals surface area contributed by atoms with Gasteiger partial charge in [-0.05, 0) is 31.2 Å². The molecule has 142 valence electrons. The van der Waals surface area contributed by atoms with Crippen LogP contribution in [0, 0.1) is 0 Å². The number of rotatable bonds is 10. The second kappa shape index (κ2) is 9.59. The van der Waals surface area contributed by atoms with Crippen molar-refractivity contribution in [2.75, 3.05) is 49.4 Å². The van der Waals surface area contributed by atoms with E-state index in [1.807, 2.05) is 0 Å². The summed E-state index contributed by atoms with van der Waals surface area (Å²) in [4.78, 5) is 0. The maximum atomic E-state index is 5.82. The zero-order chi connectivity index (χ0) is 18.9. The molecule has 0 saturated heterocycles. The second-order valence-electron chi connectivity index (χ2n) is 5.61. The Labute approximate surface area is 152 Å². The van der Waals surface area contributed by atoms with Gasteiger partial charge in [-0.25, -0.2) is 0 Å². The lowest BCUT2D eigenvalue weighted by Gasteiger charge is -2.17. The Balaban J connectivity index is 1.58. The standard InChI is InChI=1S/C18H26N4O4/c1-12(26-18-11-14(20)3-5-16(18)22)24-8-6-23-7-9-25-17-10-13(19)2-4-15(17)21/h2-5,10-12H,6-9,19-22H2,1H3. The van der Waals surface area contributed by atoms with E-state index < -0.39 is 6.29 Å². The quantitative estimate of drug-likeness (QED) is 0.285. The molecule has 26 heavy (non-hydrogen) atoms. The molecular formula is C18H26N4O4. The van der Waals surface area contributed by atoms with Crippen molar-refractivity contribution in [1.82, 2.24) is 0 Å². The van der Waals surface area contributed by atoms with Crippen molar-refractivity contribution in [3.8, 4) is 11.5 Å². The van der Waals surface area contributed by atoms with Crippen LogP contribution in [0.15, 0.2) is 36.4 Å². The first kappa shape index (κ1) is 19.5. The van der Waals surface area contributed by atoms with Crippen molar-refractivity contribution in [3.63, 3.8) is 0 Å². The van der Waals surface area contributed by atoms with Gasteiger partial charge in [0.25, 0.3) is 0 Å². The predicted octanol–water partition coefficient (Wildman–Crippen LogP) is 1.85. The van der Waals surface area contributed by atoms with Crippen LogP contribution >= 0.6 is 0 Å². The van der Waals surface area contributed by atoms with Crippen LogP contribution in [0.1, 0.15) is 6.92 Å². The summed E-state index contributed by atoms with van der Waals surface area (Å²) >= 11 is 0. The van der Waals surface area contributed by atoms with Crippen molar-refractivity contribution in [2.45, 2.75) is 13.2 Å². The van der Waals surface area contributed by atoms with Gasteiger partial charge >= 0.3 is 0 Å². The molecule has 0 aliphatic heterocycles. The van der Waals surface area contributed by atoms with Crippen LogP contribution in [-0.2, 0) is 9.47 Å². The highest BCUT2D eigenvalue weighted by molar-refractivity contribution is 5.60. The summed E-state index contributed by atoms with van der Waals surface area (Å²) < 4.78 is 22.1. The van der Waals surface area contributed by atoms with Gasteiger partial charge in [0, 0.05) is 23.5 Å². The number of hydrogen-bond acceptors (Lipinski definition) is 8. The summed E-state index contributed by atoms with van der Waals surface area (Å²) in [5, 5.41) is 0. The summed E-state index contributed by atoms with van der Waals surface area (Å²) in [5.74, 6) is 1.04. The van der Waals surface area contributed by atoms with Crippen LogP contribution in [-0.4, -0.2) is 32.7 Å². The lowest BCUT2D eigenvalue weighted by atomic mass is 10.2. The number of benzene rings is 2. The molecule has 2 aromatic carbocycles. The van der Waals surface area contributed by atoms with Crippen LogP contribution in [0.25, 0.3) is 0 Å². The Morgan fingerprint density at radius 2 is 1.35 bits per heavy atom. The van der Waals surface area contributed by atoms with Gasteiger partial charge in [0.1, 0.15) is 18.1 Å². The van der Waals surface area contributed by atoms with Crippen molar-refractivity contribution in [1.29, 1.82) is 0 Å². The van der Waals surface area contributed by atoms with E-state index in [1.165, 1.54) is 0 Å². The van der Waals surface area contributed by atoms with Gasteiger partial charge < -0.3 is 41.9 Å². The van der Waals surface area contributed by atoms with E-state index >= 15 is 0 Å². The highest BCUT2D eigenvalue weighted by atomic mass is 16.7. The molecule has 0 fully saturated rings. The third kappa shape index (κ3) is 6.23. The largest absolute Gasteiger partial charge is 0.489 e. The fourth-order valence-corrected chi connectivity index (χ4v) is 2.13. The summed E-state index contributed by atoms with van der Waals surface area (Å²) in [6.45, 7) is 3.29. The zero-order valence-electron chi connectivity index (χ0n) is 14.8. The molecule has 8 nitrogen and oxygen atoms in total. The van der Waals surface area contributed by atoms with Gasteiger partial charge in [-0.15, -0.1) is 0 Å². The van der Waals surface area contributed by atoms with E-state index in [-0.39, 0.29) is 0 Å². The first-order chi connectivity index (χ1) is 12.5. The van der Waals surface area contributed by atoms with Gasteiger partial charge in [-0.2, -0.15) is 0 Å². The van der Waals surface area contributed by atoms with E-state index in [0.717, 1.165) is 0 Å². The predicted molar refractivity (Wildman–Crippen MR) is 103 cm³/mol. The Bertz CT molecular complexity index is 712. The summed E-state index contributed by atoms with van der Waals surface area (Å²) in [6, 6.07) is 10.2. The minimum atomic E-state index is -0.481. The highest BCUT2D eigenvalue weighted by Gasteiger charge is 2.07. The van der Waals surface area contributed by atoms with Gasteiger partial charge in [0.05, 0.1) is 31.2 Å². The average Bonchev–Trinajstić information content (AvgIpc) is 2.60. The van der Waals surface area contributed by atoms with E-state index in [2.05, 4.69) is 0 Å². The summed E-state index contributed by atoms with van der Waals surface area (Å²) in [6.07, 6.45) is -0.481. The number of ether oxygens (including phenoxy) is 4. The molecule has 0 spiro atoms. The van der Waals surface area contributed by atoms with E-state index in [1.54, 1.807) is 43.3 Å². The van der Waals surface area contributed by atoms with Crippen LogP contribution < -0.4 is 32.4 Å². The number of nitrogens with two attached hydrogens (primary N) is 4. The van der Waals surface area contributed by atoms with Crippen LogP contribution in [0.4, 0.5) is 22.7 Å². The number of hydrogen-bond donors (Lipinski definition) is 4. The van der Waals surface area contributed by atoms with Crippen LogP contribution in [0.5, 0.6) is 11.5 Å². The van der Waals surface area contributed by atoms with Gasteiger partial charge in [-0.1, -0.05) is 0 Å². The Morgan fingerprint density at radius 1 is 0.769 bits per heavy atom. The normalized spacial score (nSPS) is 11.9. The Morgan fingerprint density at radius 3 is 2.04 bits per heavy atom. The molecule has 1 atom stereocenters. The molecular weight excluding hydrogens is 336 g/mol. The van der Waals surface area contributed by atoms with Gasteiger partial charge in [0.15, 0.2) is 6.29 Å². The molecule has 0 radical (unpaired) electrons. The molecule has 8 heteroatoms. The molecule has 0 amide bonds. The van der Waals surface area contributed by atoms with Crippen molar-refractivity contribution in [3.05, 3.63) is 36.4 Å². The molecule has 1 unspecified atom stereocenters. The number of nitrogen functional groups attached to an aromatic ring is 4. The monoisotopic (exact) mass is 362 g/mol. The first-order valence-corrected chi connectivity index (χ1v) is 8.24. The molecule has 0 bridgehead atoms. The van der Waals surface area contributed by atoms with E-state index in [0.29, 0.717) is 60.7 Å². The summed E-state index contributed by atoms with van der Waals surface area (Å²) in [5.41, 5.74) is 25.2. The molecule has 0 saturated carbocycles. The van der Waals surface area contributed by atoms with Crippen molar-refractivity contribution in [2.24, 2.45) is 0 Å². The van der Waals surface area contributed by atoms with Crippen LogP contribution in [0.2, 0.25) is 0 Å². The highest BCUT2D eigenvalue weighted by Crippen LogP contribution is 2.25. The molecule has 2 aromatic rings. The smallest absolute Gasteiger partial charge is 0.197 e. The average molecular weight is 362 g/mol. The van der Waals surface area contributed by atoms with Gasteiger partial charge in [0.2, 0.25) is 0 Å². The Kier molecular flexibility index (Phi) is 7.19. The van der Waals surface area contributed by atoms with Crippen molar-refractivity contribution < 1.29 is 18.9 Å². The number of anilines is 4. The molecule has 8 N–H and O–H groups in total. The molecule has 0 heterocycles. The fraction of sp³-hybridized carbons (Fsp3) is 0.333. The minimum absolute atomic E-state index is 0.361. The molecule has 0 aromatic heterocycles. The fourth-order valence-electron chi connectivity index (χ4n) is 2.13. The van der Waals surface area contributed by atoms with E-state index in [4.69, 9.17) is 41.9 Å². The maximum Gasteiger partial charge on any atom is 0.197 e. The molecule has 0 aliphatic carbocycles. The lowest BCUT2D eigenvalue weighted by molar-refractivity contribution is -0.0840.